The normalized spacial score (nSPS) is 37.9. The summed E-state index contributed by atoms with van der Waals surface area (Å²) in [5, 5.41) is 13.9. The van der Waals surface area contributed by atoms with Crippen LogP contribution in [0.1, 0.15) is 32.1 Å². The van der Waals surface area contributed by atoms with E-state index in [4.69, 9.17) is 9.84 Å². The molecule has 3 N–H and O–H groups in total. The van der Waals surface area contributed by atoms with Gasteiger partial charge in [-0.15, -0.1) is 13.2 Å². The maximum absolute atomic E-state index is 11.9. The van der Waals surface area contributed by atoms with Crippen LogP contribution in [-0.4, -0.2) is 53.4 Å². The summed E-state index contributed by atoms with van der Waals surface area (Å²) in [7, 11) is 0. The van der Waals surface area contributed by atoms with Crippen LogP contribution in [0.25, 0.3) is 0 Å². The maximum Gasteiger partial charge on any atom is 0.522 e. The van der Waals surface area contributed by atoms with Gasteiger partial charge in [0.2, 0.25) is 5.91 Å². The fourth-order valence-electron chi connectivity index (χ4n) is 3.74. The molecule has 2 amide bonds. The molecule has 0 aromatic heterocycles. The van der Waals surface area contributed by atoms with Gasteiger partial charge in [-0.25, -0.2) is 4.79 Å². The Morgan fingerprint density at radius 1 is 1.09 bits per heavy atom. The minimum atomic E-state index is -4.64. The summed E-state index contributed by atoms with van der Waals surface area (Å²) in [6.07, 6.45) is -5.11. The molecule has 0 saturated heterocycles. The number of ether oxygens (including phenoxy) is 2. The number of hydrogen-bond acceptors (Lipinski definition) is 4. The van der Waals surface area contributed by atoms with Gasteiger partial charge in [-0.1, -0.05) is 0 Å². The molecule has 23 heavy (non-hydrogen) atoms. The molecule has 4 aliphatic carbocycles. The molecular weight excluding hydrogens is 321 g/mol. The standard InChI is InChI=1S/C13H17F3N2O5/c14-13(15,16)23-8-1-7(2-8)22-3-9(19)17-11-4-12(5-11,6-11)18-10(20)21/h7-8,18H,1-6H2,(H,17,19)(H,20,21). The van der Waals surface area contributed by atoms with E-state index < -0.39 is 30.2 Å². The quantitative estimate of drug-likeness (QED) is 0.675. The second-order valence-corrected chi connectivity index (χ2v) is 6.66. The van der Waals surface area contributed by atoms with Crippen molar-refractivity contribution in [1.29, 1.82) is 0 Å². The number of hydrogen-bond donors (Lipinski definition) is 3. The van der Waals surface area contributed by atoms with Crippen molar-refractivity contribution in [2.24, 2.45) is 0 Å². The van der Waals surface area contributed by atoms with Gasteiger partial charge in [0.1, 0.15) is 6.61 Å². The minimum Gasteiger partial charge on any atom is -0.465 e. The van der Waals surface area contributed by atoms with Crippen molar-refractivity contribution < 1.29 is 37.3 Å². The van der Waals surface area contributed by atoms with Crippen molar-refractivity contribution in [3.05, 3.63) is 0 Å². The van der Waals surface area contributed by atoms with Gasteiger partial charge in [0.15, 0.2) is 0 Å². The molecule has 7 nitrogen and oxygen atoms in total. The molecule has 130 valence electrons. The van der Waals surface area contributed by atoms with Crippen LogP contribution in [-0.2, 0) is 14.3 Å². The van der Waals surface area contributed by atoms with Gasteiger partial charge in [0.05, 0.1) is 17.7 Å². The molecule has 0 aromatic carbocycles. The van der Waals surface area contributed by atoms with E-state index in [0.29, 0.717) is 19.3 Å². The molecule has 10 heteroatoms. The smallest absolute Gasteiger partial charge is 0.465 e. The number of nitrogens with one attached hydrogen (secondary N) is 2. The Morgan fingerprint density at radius 3 is 2.17 bits per heavy atom. The minimum absolute atomic E-state index is 0.115. The third-order valence-electron chi connectivity index (χ3n) is 4.61. The summed E-state index contributed by atoms with van der Waals surface area (Å²) >= 11 is 0. The van der Waals surface area contributed by atoms with Crippen molar-refractivity contribution in [3.8, 4) is 0 Å². The number of halogens is 3. The number of alkyl halides is 3. The summed E-state index contributed by atoms with van der Waals surface area (Å²) in [6.45, 7) is -0.218. The molecule has 2 bridgehead atoms. The van der Waals surface area contributed by atoms with E-state index in [1.807, 2.05) is 0 Å². The first-order valence-corrected chi connectivity index (χ1v) is 7.27. The Hall–Kier alpha value is -1.55. The third kappa shape index (κ3) is 3.52. The Morgan fingerprint density at radius 2 is 1.65 bits per heavy atom. The Balaban J connectivity index is 1.29. The second-order valence-electron chi connectivity index (χ2n) is 6.66. The molecule has 0 radical (unpaired) electrons. The largest absolute Gasteiger partial charge is 0.522 e. The molecule has 0 aromatic rings. The highest BCUT2D eigenvalue weighted by Crippen LogP contribution is 2.60. The lowest BCUT2D eigenvalue weighted by molar-refractivity contribution is -0.357. The van der Waals surface area contributed by atoms with Crippen LogP contribution < -0.4 is 10.6 Å². The van der Waals surface area contributed by atoms with Gasteiger partial charge in [-0.3, -0.25) is 9.53 Å². The van der Waals surface area contributed by atoms with Gasteiger partial charge in [0, 0.05) is 18.4 Å². The van der Waals surface area contributed by atoms with Crippen LogP contribution in [0.5, 0.6) is 0 Å². The van der Waals surface area contributed by atoms with Crippen LogP contribution in [0.15, 0.2) is 0 Å². The van der Waals surface area contributed by atoms with Crippen LogP contribution in [0, 0.1) is 0 Å². The van der Waals surface area contributed by atoms with Crippen molar-refractivity contribution >= 4 is 12.0 Å². The Bertz CT molecular complexity index is 498. The first-order valence-electron chi connectivity index (χ1n) is 7.27. The van der Waals surface area contributed by atoms with Gasteiger partial charge in [0.25, 0.3) is 0 Å². The summed E-state index contributed by atoms with van der Waals surface area (Å²) in [5.74, 6) is -0.339. The zero-order valence-electron chi connectivity index (χ0n) is 12.1. The van der Waals surface area contributed by atoms with Crippen molar-refractivity contribution in [3.63, 3.8) is 0 Å². The molecule has 4 saturated carbocycles. The predicted molar refractivity (Wildman–Crippen MR) is 68.5 cm³/mol. The molecular formula is C13H17F3N2O5. The number of carboxylic acid groups (broad SMARTS) is 1. The molecule has 4 aliphatic rings. The Kier molecular flexibility index (Phi) is 3.71. The van der Waals surface area contributed by atoms with Gasteiger partial charge in [-0.05, 0) is 19.3 Å². The van der Waals surface area contributed by atoms with Crippen molar-refractivity contribution in [1.82, 2.24) is 10.6 Å². The highest BCUT2D eigenvalue weighted by Gasteiger charge is 2.69. The monoisotopic (exact) mass is 338 g/mol. The molecule has 0 heterocycles. The topological polar surface area (TPSA) is 96.9 Å². The van der Waals surface area contributed by atoms with Crippen LogP contribution in [0.2, 0.25) is 0 Å². The fraction of sp³-hybridized carbons (Fsp3) is 0.846. The van der Waals surface area contributed by atoms with Crippen LogP contribution in [0.3, 0.4) is 0 Å². The lowest BCUT2D eigenvalue weighted by Gasteiger charge is -2.69. The van der Waals surface area contributed by atoms with E-state index >= 15 is 0 Å². The first kappa shape index (κ1) is 16.3. The number of amides is 2. The molecule has 4 fully saturated rings. The summed E-state index contributed by atoms with van der Waals surface area (Å²) in [4.78, 5) is 22.4. The number of carbonyl (C=O) groups is 2. The Labute approximate surface area is 129 Å². The van der Waals surface area contributed by atoms with E-state index in [0.717, 1.165) is 0 Å². The molecule has 0 aliphatic heterocycles. The highest BCUT2D eigenvalue weighted by molar-refractivity contribution is 5.79. The molecule has 0 atom stereocenters. The van der Waals surface area contributed by atoms with E-state index in [2.05, 4.69) is 15.4 Å². The van der Waals surface area contributed by atoms with E-state index in [9.17, 15) is 22.8 Å². The van der Waals surface area contributed by atoms with Crippen LogP contribution in [0.4, 0.5) is 18.0 Å². The lowest BCUT2D eigenvalue weighted by atomic mass is 9.44. The zero-order valence-corrected chi connectivity index (χ0v) is 12.1. The highest BCUT2D eigenvalue weighted by atomic mass is 19.4. The molecule has 0 spiro atoms. The SMILES string of the molecule is O=C(O)NC12CC(NC(=O)COC3CC(OC(F)(F)F)C3)(C1)C2. The third-order valence-corrected chi connectivity index (χ3v) is 4.61. The molecule has 4 rings (SSSR count). The van der Waals surface area contributed by atoms with Gasteiger partial charge >= 0.3 is 12.5 Å². The van der Waals surface area contributed by atoms with Crippen molar-refractivity contribution in [2.45, 2.75) is 61.8 Å². The average molecular weight is 338 g/mol. The van der Waals surface area contributed by atoms with E-state index in [-0.39, 0.29) is 30.9 Å². The first-order chi connectivity index (χ1) is 10.6. The predicted octanol–water partition coefficient (Wildman–Crippen LogP) is 1.13. The zero-order chi connectivity index (χ0) is 16.9. The lowest BCUT2D eigenvalue weighted by Crippen LogP contribution is -2.83. The maximum atomic E-state index is 11.9. The summed E-state index contributed by atoms with van der Waals surface area (Å²) < 4.78 is 44.9. The van der Waals surface area contributed by atoms with Crippen molar-refractivity contribution in [2.75, 3.05) is 6.61 Å². The van der Waals surface area contributed by atoms with Crippen LogP contribution >= 0.6 is 0 Å². The van der Waals surface area contributed by atoms with E-state index in [1.54, 1.807) is 0 Å². The number of carbonyl (C=O) groups excluding carboxylic acids is 1. The average Bonchev–Trinajstić information content (AvgIpc) is 2.25. The van der Waals surface area contributed by atoms with Gasteiger partial charge in [-0.2, -0.15) is 0 Å². The van der Waals surface area contributed by atoms with Gasteiger partial charge < -0.3 is 20.5 Å². The summed E-state index contributed by atoms with van der Waals surface area (Å²) in [6, 6.07) is 0. The second kappa shape index (κ2) is 5.23. The fourth-order valence-corrected chi connectivity index (χ4v) is 3.74. The number of rotatable bonds is 6. The summed E-state index contributed by atoms with van der Waals surface area (Å²) in [5.41, 5.74) is -0.763. The molecule has 0 unspecified atom stereocenters. The van der Waals surface area contributed by atoms with E-state index in [1.165, 1.54) is 0 Å².